The number of methoxy groups -OCH3 is 1. The predicted molar refractivity (Wildman–Crippen MR) is 89.4 cm³/mol. The van der Waals surface area contributed by atoms with Gasteiger partial charge in [-0.3, -0.25) is 4.79 Å². The number of anilines is 2. The van der Waals surface area contributed by atoms with Crippen molar-refractivity contribution in [1.29, 1.82) is 0 Å². The minimum absolute atomic E-state index is 0.389. The number of nitrogens with zero attached hydrogens (tertiary/aromatic N) is 2. The average molecular weight is 320 g/mol. The van der Waals surface area contributed by atoms with Crippen LogP contribution in [-0.4, -0.2) is 37.7 Å². The molecule has 118 valence electrons. The van der Waals surface area contributed by atoms with E-state index >= 15 is 0 Å². The van der Waals surface area contributed by atoms with Crippen molar-refractivity contribution in [2.75, 3.05) is 37.4 Å². The molecule has 0 radical (unpaired) electrons. The van der Waals surface area contributed by atoms with Crippen molar-refractivity contribution in [2.45, 2.75) is 12.8 Å². The van der Waals surface area contributed by atoms with Crippen LogP contribution in [-0.2, 0) is 4.74 Å². The minimum Gasteiger partial charge on any atom is -0.397 e. The van der Waals surface area contributed by atoms with E-state index in [0.717, 1.165) is 42.0 Å². The maximum absolute atomic E-state index is 11.5. The Morgan fingerprint density at radius 1 is 1.59 bits per heavy atom. The summed E-state index contributed by atoms with van der Waals surface area (Å²) in [7, 11) is 1.74. The number of rotatable bonds is 4. The number of carbonyl (C=O) groups excluding carboxylic acids is 1. The van der Waals surface area contributed by atoms with Crippen LogP contribution < -0.4 is 16.4 Å². The molecule has 22 heavy (non-hydrogen) atoms. The van der Waals surface area contributed by atoms with Gasteiger partial charge in [-0.1, -0.05) is 0 Å². The van der Waals surface area contributed by atoms with E-state index in [1.165, 1.54) is 17.8 Å². The van der Waals surface area contributed by atoms with E-state index in [-0.39, 0.29) is 0 Å². The molecule has 0 aliphatic carbocycles. The summed E-state index contributed by atoms with van der Waals surface area (Å²) in [6.07, 6.45) is 4.05. The molecular weight excluding hydrogens is 300 g/mol. The molecule has 6 nitrogen and oxygen atoms in total. The van der Waals surface area contributed by atoms with Gasteiger partial charge >= 0.3 is 0 Å². The molecule has 3 heterocycles. The van der Waals surface area contributed by atoms with E-state index in [9.17, 15) is 4.79 Å². The third-order valence-corrected chi connectivity index (χ3v) is 5.22. The van der Waals surface area contributed by atoms with Crippen LogP contribution in [0, 0.1) is 5.92 Å². The molecule has 1 saturated heterocycles. The number of aromatic nitrogens is 1. The van der Waals surface area contributed by atoms with Gasteiger partial charge in [-0.25, -0.2) is 4.98 Å². The van der Waals surface area contributed by atoms with Crippen LogP contribution in [0.1, 0.15) is 22.5 Å². The van der Waals surface area contributed by atoms with Crippen molar-refractivity contribution in [3.8, 4) is 0 Å². The number of thiophene rings is 1. The maximum atomic E-state index is 11.5. The summed E-state index contributed by atoms with van der Waals surface area (Å²) in [5.74, 6) is 0.0137. The van der Waals surface area contributed by atoms with Gasteiger partial charge in [0, 0.05) is 26.4 Å². The van der Waals surface area contributed by atoms with Crippen molar-refractivity contribution >= 4 is 38.8 Å². The molecule has 0 spiro atoms. The van der Waals surface area contributed by atoms with Gasteiger partial charge in [-0.05, 0) is 24.8 Å². The average Bonchev–Trinajstić information content (AvgIpc) is 2.85. The van der Waals surface area contributed by atoms with Gasteiger partial charge in [-0.15, -0.1) is 11.3 Å². The van der Waals surface area contributed by atoms with Gasteiger partial charge in [0.25, 0.3) is 5.91 Å². The highest BCUT2D eigenvalue weighted by Gasteiger charge is 2.24. The summed E-state index contributed by atoms with van der Waals surface area (Å²) >= 11 is 1.26. The first-order valence-electron chi connectivity index (χ1n) is 7.32. The van der Waals surface area contributed by atoms with Crippen LogP contribution in [0.15, 0.2) is 12.3 Å². The number of pyridine rings is 1. The molecule has 1 fully saturated rings. The molecule has 1 amide bonds. The molecule has 3 rings (SSSR count). The number of ether oxygens (including phenoxy) is 1. The Labute approximate surface area is 133 Å². The van der Waals surface area contributed by atoms with Crippen LogP contribution >= 0.6 is 11.3 Å². The summed E-state index contributed by atoms with van der Waals surface area (Å²) in [6.45, 7) is 2.66. The fourth-order valence-corrected chi connectivity index (χ4v) is 4.07. The fourth-order valence-electron chi connectivity index (χ4n) is 3.13. The molecule has 4 N–H and O–H groups in total. The smallest absolute Gasteiger partial charge is 0.260 e. The lowest BCUT2D eigenvalue weighted by atomic mass is 9.98. The van der Waals surface area contributed by atoms with Crippen LogP contribution in [0.5, 0.6) is 0 Å². The lowest BCUT2D eigenvalue weighted by Gasteiger charge is -2.34. The topological polar surface area (TPSA) is 94.5 Å². The van der Waals surface area contributed by atoms with E-state index in [1.54, 1.807) is 13.3 Å². The summed E-state index contributed by atoms with van der Waals surface area (Å²) < 4.78 is 5.29. The second-order valence-electron chi connectivity index (χ2n) is 5.63. The SMILES string of the molecule is COCC1CCCN(c2ccnc3sc(C(N)=O)c(N)c23)C1. The Kier molecular flexibility index (Phi) is 4.17. The van der Waals surface area contributed by atoms with E-state index in [1.807, 2.05) is 6.07 Å². The fraction of sp³-hybridized carbons (Fsp3) is 0.467. The van der Waals surface area contributed by atoms with E-state index in [2.05, 4.69) is 9.88 Å². The second kappa shape index (κ2) is 6.10. The van der Waals surface area contributed by atoms with Crippen molar-refractivity contribution in [3.05, 3.63) is 17.1 Å². The molecule has 0 bridgehead atoms. The minimum atomic E-state index is -0.498. The van der Waals surface area contributed by atoms with Crippen LogP contribution in [0.2, 0.25) is 0 Å². The third kappa shape index (κ3) is 2.62. The molecule has 2 aromatic heterocycles. The summed E-state index contributed by atoms with van der Waals surface area (Å²) in [5, 5.41) is 0.847. The summed E-state index contributed by atoms with van der Waals surface area (Å²) in [6, 6.07) is 1.96. The molecule has 7 heteroatoms. The van der Waals surface area contributed by atoms with Gasteiger partial charge < -0.3 is 21.1 Å². The maximum Gasteiger partial charge on any atom is 0.260 e. The molecule has 1 unspecified atom stereocenters. The lowest BCUT2D eigenvalue weighted by Crippen LogP contribution is -2.37. The first-order chi connectivity index (χ1) is 10.6. The lowest BCUT2D eigenvalue weighted by molar-refractivity contribution is 0.100. The third-order valence-electron chi connectivity index (χ3n) is 4.09. The van der Waals surface area contributed by atoms with E-state index < -0.39 is 5.91 Å². The molecule has 0 aromatic carbocycles. The monoisotopic (exact) mass is 320 g/mol. The number of carbonyl (C=O) groups is 1. The number of piperidine rings is 1. The Balaban J connectivity index is 2.01. The van der Waals surface area contributed by atoms with E-state index in [4.69, 9.17) is 16.2 Å². The van der Waals surface area contributed by atoms with Crippen molar-refractivity contribution in [1.82, 2.24) is 4.98 Å². The Morgan fingerprint density at radius 2 is 2.41 bits per heavy atom. The van der Waals surface area contributed by atoms with Crippen LogP contribution in [0.3, 0.4) is 0 Å². The van der Waals surface area contributed by atoms with E-state index in [0.29, 0.717) is 16.5 Å². The normalized spacial score (nSPS) is 18.8. The van der Waals surface area contributed by atoms with Crippen LogP contribution in [0.25, 0.3) is 10.2 Å². The molecule has 1 aliphatic heterocycles. The van der Waals surface area contributed by atoms with Crippen molar-refractivity contribution in [2.24, 2.45) is 11.7 Å². The number of nitrogen functional groups attached to an aromatic ring is 1. The van der Waals surface area contributed by atoms with Crippen molar-refractivity contribution in [3.63, 3.8) is 0 Å². The molecule has 2 aromatic rings. The standard InChI is InChI=1S/C15H20N4O2S/c1-21-8-9-3-2-6-19(7-9)10-4-5-18-15-11(10)12(16)13(22-15)14(17)20/h4-5,9H,2-3,6-8,16H2,1H3,(H2,17,20). The van der Waals surface area contributed by atoms with Gasteiger partial charge in [-0.2, -0.15) is 0 Å². The number of hydrogen-bond donors (Lipinski definition) is 2. The van der Waals surface area contributed by atoms with Gasteiger partial charge in [0.2, 0.25) is 0 Å². The number of amides is 1. The van der Waals surface area contributed by atoms with Crippen LogP contribution in [0.4, 0.5) is 11.4 Å². The molecular formula is C15H20N4O2S. The second-order valence-corrected chi connectivity index (χ2v) is 6.63. The number of primary amides is 1. The number of fused-ring (bicyclic) bond motifs is 1. The highest BCUT2D eigenvalue weighted by molar-refractivity contribution is 7.21. The zero-order chi connectivity index (χ0) is 15.7. The molecule has 1 aliphatic rings. The highest BCUT2D eigenvalue weighted by Crippen LogP contribution is 2.39. The Morgan fingerprint density at radius 3 is 3.14 bits per heavy atom. The Bertz CT molecular complexity index is 698. The number of nitrogens with two attached hydrogens (primary N) is 2. The molecule has 1 atom stereocenters. The summed E-state index contributed by atoms with van der Waals surface area (Å²) in [5.41, 5.74) is 13.0. The molecule has 0 saturated carbocycles. The number of hydrogen-bond acceptors (Lipinski definition) is 6. The van der Waals surface area contributed by atoms with Crippen molar-refractivity contribution < 1.29 is 9.53 Å². The Hall–Kier alpha value is -1.86. The predicted octanol–water partition coefficient (Wildman–Crippen LogP) is 1.84. The first kappa shape index (κ1) is 15.1. The largest absolute Gasteiger partial charge is 0.397 e. The zero-order valence-electron chi connectivity index (χ0n) is 12.5. The summed E-state index contributed by atoms with van der Waals surface area (Å²) in [4.78, 5) is 19.3. The zero-order valence-corrected chi connectivity index (χ0v) is 13.4. The van der Waals surface area contributed by atoms with Gasteiger partial charge in [0.1, 0.15) is 9.71 Å². The quantitative estimate of drug-likeness (QED) is 0.896. The van der Waals surface area contributed by atoms with Gasteiger partial charge in [0.05, 0.1) is 23.4 Å². The highest BCUT2D eigenvalue weighted by atomic mass is 32.1. The first-order valence-corrected chi connectivity index (χ1v) is 8.14. The van der Waals surface area contributed by atoms with Gasteiger partial charge in [0.15, 0.2) is 0 Å².